The molecule has 0 aliphatic carbocycles. The van der Waals surface area contributed by atoms with Crippen molar-refractivity contribution in [2.45, 2.75) is 19.9 Å². The van der Waals surface area contributed by atoms with Crippen molar-refractivity contribution in [2.75, 3.05) is 0 Å². The van der Waals surface area contributed by atoms with Crippen LogP contribution in [0, 0.1) is 0 Å². The molecule has 0 amide bonds. The summed E-state index contributed by atoms with van der Waals surface area (Å²) in [5, 5.41) is 2.47. The maximum absolute atomic E-state index is 5.68. The van der Waals surface area contributed by atoms with Crippen molar-refractivity contribution >= 4 is 10.8 Å². The number of fused-ring (bicyclic) bond motifs is 1. The van der Waals surface area contributed by atoms with Gasteiger partial charge in [-0.25, -0.2) is 0 Å². The Morgan fingerprint density at radius 1 is 1.14 bits per heavy atom. The molecule has 0 saturated heterocycles. The van der Waals surface area contributed by atoms with E-state index in [0.717, 1.165) is 6.42 Å². The number of hydrogen-bond donors (Lipinski definition) is 1. The first-order valence-electron chi connectivity index (χ1n) is 4.91. The van der Waals surface area contributed by atoms with Crippen molar-refractivity contribution in [3.8, 4) is 0 Å². The number of pyridine rings is 1. The quantitative estimate of drug-likeness (QED) is 0.781. The highest BCUT2D eigenvalue weighted by molar-refractivity contribution is 5.87. The topological polar surface area (TPSA) is 38.9 Å². The zero-order chi connectivity index (χ0) is 9.97. The number of nitrogens with zero attached hydrogens (tertiary/aromatic N) is 1. The summed E-state index contributed by atoms with van der Waals surface area (Å²) >= 11 is 0. The van der Waals surface area contributed by atoms with Gasteiger partial charge in [0, 0.05) is 24.3 Å². The van der Waals surface area contributed by atoms with Crippen LogP contribution in [0.4, 0.5) is 0 Å². The fourth-order valence-corrected chi connectivity index (χ4v) is 1.78. The van der Waals surface area contributed by atoms with Crippen molar-refractivity contribution in [3.63, 3.8) is 0 Å². The van der Waals surface area contributed by atoms with E-state index in [0.29, 0.717) is 6.54 Å². The van der Waals surface area contributed by atoms with Gasteiger partial charge in [0.1, 0.15) is 0 Å². The summed E-state index contributed by atoms with van der Waals surface area (Å²) < 4.78 is 0. The molecule has 2 nitrogen and oxygen atoms in total. The van der Waals surface area contributed by atoms with Gasteiger partial charge in [-0.1, -0.05) is 25.1 Å². The van der Waals surface area contributed by atoms with Crippen LogP contribution in [-0.2, 0) is 13.0 Å². The molecule has 1 aromatic carbocycles. The second-order valence-corrected chi connectivity index (χ2v) is 3.37. The molecule has 72 valence electrons. The van der Waals surface area contributed by atoms with Gasteiger partial charge in [0.15, 0.2) is 0 Å². The monoisotopic (exact) mass is 186 g/mol. The lowest BCUT2D eigenvalue weighted by molar-refractivity contribution is 1.08. The molecule has 2 heteroatoms. The zero-order valence-electron chi connectivity index (χ0n) is 8.33. The van der Waals surface area contributed by atoms with E-state index in [1.54, 1.807) is 0 Å². The molecule has 1 heterocycles. The van der Waals surface area contributed by atoms with Gasteiger partial charge in [-0.05, 0) is 22.9 Å². The zero-order valence-corrected chi connectivity index (χ0v) is 8.33. The van der Waals surface area contributed by atoms with Gasteiger partial charge in [-0.2, -0.15) is 0 Å². The Morgan fingerprint density at radius 2 is 2.00 bits per heavy atom. The van der Waals surface area contributed by atoms with Gasteiger partial charge in [0.2, 0.25) is 0 Å². The largest absolute Gasteiger partial charge is 0.326 e. The summed E-state index contributed by atoms with van der Waals surface area (Å²) in [5.41, 5.74) is 8.14. The van der Waals surface area contributed by atoms with Crippen LogP contribution in [-0.4, -0.2) is 4.98 Å². The van der Waals surface area contributed by atoms with Crippen molar-refractivity contribution in [2.24, 2.45) is 5.73 Å². The molecule has 2 N–H and O–H groups in total. The Kier molecular flexibility index (Phi) is 2.46. The van der Waals surface area contributed by atoms with Crippen LogP contribution < -0.4 is 5.73 Å². The number of aryl methyl sites for hydroxylation is 1. The lowest BCUT2D eigenvalue weighted by atomic mass is 10.0. The van der Waals surface area contributed by atoms with Gasteiger partial charge < -0.3 is 5.73 Å². The third kappa shape index (κ3) is 1.38. The van der Waals surface area contributed by atoms with Crippen LogP contribution >= 0.6 is 0 Å². The third-order valence-electron chi connectivity index (χ3n) is 2.58. The highest BCUT2D eigenvalue weighted by Crippen LogP contribution is 2.21. The first kappa shape index (κ1) is 9.16. The first-order valence-corrected chi connectivity index (χ1v) is 4.91. The number of aromatic nitrogens is 1. The van der Waals surface area contributed by atoms with Gasteiger partial charge in [-0.3, -0.25) is 4.98 Å². The predicted octanol–water partition coefficient (Wildman–Crippen LogP) is 2.26. The maximum Gasteiger partial charge on any atom is 0.0349 e. The normalized spacial score (nSPS) is 10.7. The summed E-state index contributed by atoms with van der Waals surface area (Å²) in [6, 6.07) is 6.25. The van der Waals surface area contributed by atoms with Crippen molar-refractivity contribution in [3.05, 3.63) is 41.7 Å². The summed E-state index contributed by atoms with van der Waals surface area (Å²) in [7, 11) is 0. The molecule has 0 fully saturated rings. The summed E-state index contributed by atoms with van der Waals surface area (Å²) in [6.45, 7) is 2.72. The molecule has 0 atom stereocenters. The maximum atomic E-state index is 5.68. The lowest BCUT2D eigenvalue weighted by Crippen LogP contribution is -1.98. The van der Waals surface area contributed by atoms with Crippen LogP contribution in [0.25, 0.3) is 10.8 Å². The Hall–Kier alpha value is -1.41. The minimum atomic E-state index is 0.576. The standard InChI is InChI=1S/C12H14N2/c1-2-9-7-14-8-12-10(6-13)4-3-5-11(9)12/h3-5,7-8H,2,6,13H2,1H3. The molecule has 0 bridgehead atoms. The van der Waals surface area contributed by atoms with Gasteiger partial charge in [0.05, 0.1) is 0 Å². The predicted molar refractivity (Wildman–Crippen MR) is 59.0 cm³/mol. The third-order valence-corrected chi connectivity index (χ3v) is 2.58. The number of rotatable bonds is 2. The number of benzene rings is 1. The molecule has 0 aliphatic heterocycles. The Balaban J connectivity index is 2.77. The molecule has 0 radical (unpaired) electrons. The number of hydrogen-bond acceptors (Lipinski definition) is 2. The van der Waals surface area contributed by atoms with E-state index < -0.39 is 0 Å². The average Bonchev–Trinajstić information content (AvgIpc) is 2.27. The van der Waals surface area contributed by atoms with E-state index in [-0.39, 0.29) is 0 Å². The van der Waals surface area contributed by atoms with Crippen molar-refractivity contribution in [1.29, 1.82) is 0 Å². The minimum absolute atomic E-state index is 0.576. The average molecular weight is 186 g/mol. The Bertz CT molecular complexity index is 406. The molecule has 1 aromatic heterocycles. The Morgan fingerprint density at radius 3 is 2.71 bits per heavy atom. The summed E-state index contributed by atoms with van der Waals surface area (Å²) in [5.74, 6) is 0. The smallest absolute Gasteiger partial charge is 0.0349 e. The SMILES string of the molecule is CCc1cncc2c(CN)cccc12. The Labute approximate surface area is 83.8 Å². The molecule has 0 saturated carbocycles. The fourth-order valence-electron chi connectivity index (χ4n) is 1.78. The van der Waals surface area contributed by atoms with Crippen molar-refractivity contribution in [1.82, 2.24) is 4.98 Å². The van der Waals surface area contributed by atoms with E-state index in [2.05, 4.69) is 30.1 Å². The summed E-state index contributed by atoms with van der Waals surface area (Å²) in [4.78, 5) is 4.24. The van der Waals surface area contributed by atoms with E-state index in [4.69, 9.17) is 5.73 Å². The van der Waals surface area contributed by atoms with E-state index in [1.807, 2.05) is 12.4 Å². The molecule has 0 aliphatic rings. The van der Waals surface area contributed by atoms with Crippen LogP contribution in [0.15, 0.2) is 30.6 Å². The van der Waals surface area contributed by atoms with Crippen molar-refractivity contribution < 1.29 is 0 Å². The van der Waals surface area contributed by atoms with Crippen LogP contribution in [0.5, 0.6) is 0 Å². The highest BCUT2D eigenvalue weighted by Gasteiger charge is 2.02. The van der Waals surface area contributed by atoms with Gasteiger partial charge in [0.25, 0.3) is 0 Å². The van der Waals surface area contributed by atoms with Gasteiger partial charge in [-0.15, -0.1) is 0 Å². The molecule has 0 spiro atoms. The van der Waals surface area contributed by atoms with Crippen LogP contribution in [0.3, 0.4) is 0 Å². The van der Waals surface area contributed by atoms with E-state index >= 15 is 0 Å². The molecule has 2 aromatic rings. The van der Waals surface area contributed by atoms with E-state index in [9.17, 15) is 0 Å². The molecule has 14 heavy (non-hydrogen) atoms. The van der Waals surface area contributed by atoms with Crippen LogP contribution in [0.1, 0.15) is 18.1 Å². The molecule has 0 unspecified atom stereocenters. The summed E-state index contributed by atoms with van der Waals surface area (Å²) in [6.07, 6.45) is 4.84. The number of nitrogens with two attached hydrogens (primary N) is 1. The van der Waals surface area contributed by atoms with Gasteiger partial charge >= 0.3 is 0 Å². The molecular formula is C12H14N2. The van der Waals surface area contributed by atoms with E-state index in [1.165, 1.54) is 21.9 Å². The molecule has 2 rings (SSSR count). The lowest BCUT2D eigenvalue weighted by Gasteiger charge is -2.06. The highest BCUT2D eigenvalue weighted by atomic mass is 14.6. The molecular weight excluding hydrogens is 172 g/mol. The fraction of sp³-hybridized carbons (Fsp3) is 0.250. The first-order chi connectivity index (χ1) is 6.86. The minimum Gasteiger partial charge on any atom is -0.326 e. The second kappa shape index (κ2) is 3.76. The van der Waals surface area contributed by atoms with Crippen LogP contribution in [0.2, 0.25) is 0 Å². The second-order valence-electron chi connectivity index (χ2n) is 3.37.